The van der Waals surface area contributed by atoms with E-state index in [-0.39, 0.29) is 16.9 Å². The summed E-state index contributed by atoms with van der Waals surface area (Å²) in [5.74, 6) is -1.98. The van der Waals surface area contributed by atoms with E-state index in [9.17, 15) is 35.9 Å². The average Bonchev–Trinajstić information content (AvgIpc) is 2.78. The van der Waals surface area contributed by atoms with E-state index in [2.05, 4.69) is 14.8 Å². The van der Waals surface area contributed by atoms with Crippen molar-refractivity contribution in [2.45, 2.75) is 25.2 Å². The number of hydrogen-bond donors (Lipinski definition) is 2. The number of aliphatic hydroxyl groups excluding tert-OH is 1. The smallest absolute Gasteiger partial charge is 0.406 e. The van der Waals surface area contributed by atoms with Gasteiger partial charge >= 0.3 is 6.36 Å². The number of carbonyl (C=O) groups excluding carboxylic acids is 1. The van der Waals surface area contributed by atoms with Gasteiger partial charge in [-0.1, -0.05) is 0 Å². The molecule has 3 rings (SSSR count). The van der Waals surface area contributed by atoms with E-state index in [4.69, 9.17) is 5.11 Å². The Kier molecular flexibility index (Phi) is 7.20. The number of alkyl halides is 6. The van der Waals surface area contributed by atoms with Crippen molar-refractivity contribution in [3.05, 3.63) is 70.8 Å². The van der Waals surface area contributed by atoms with Crippen molar-refractivity contribution in [2.24, 2.45) is 0 Å². The standard InChI is InChI=1S/C20H14F6N4O4/c21-16(22)15(31)17(23)28-18(32)13-8-14(10-3-5-12(6-4-10)34-20(24,25)26)29-30(19(13)33)11-2-1-7-27-9-11/h1-9,15-17,31H,(H,28,32)/t15-,17?/m0/s1. The van der Waals surface area contributed by atoms with Gasteiger partial charge in [0.1, 0.15) is 11.3 Å². The molecule has 0 spiro atoms. The molecular weight excluding hydrogens is 474 g/mol. The van der Waals surface area contributed by atoms with Gasteiger partial charge in [-0.3, -0.25) is 14.6 Å². The Bertz CT molecular complexity index is 1200. The Balaban J connectivity index is 2.05. The van der Waals surface area contributed by atoms with Crippen LogP contribution in [0.3, 0.4) is 0 Å². The quantitative estimate of drug-likeness (QED) is 0.392. The Morgan fingerprint density at radius 3 is 2.35 bits per heavy atom. The maximum absolute atomic E-state index is 13.8. The molecule has 1 aromatic carbocycles. The molecule has 0 saturated carbocycles. The highest BCUT2D eigenvalue weighted by atomic mass is 19.4. The van der Waals surface area contributed by atoms with Crippen LogP contribution in [0, 0.1) is 0 Å². The van der Waals surface area contributed by atoms with Crippen LogP contribution in [0.2, 0.25) is 0 Å². The maximum Gasteiger partial charge on any atom is 0.573 e. The summed E-state index contributed by atoms with van der Waals surface area (Å²) in [5.41, 5.74) is -1.73. The first kappa shape index (κ1) is 24.7. The number of rotatable bonds is 7. The average molecular weight is 488 g/mol. The van der Waals surface area contributed by atoms with Crippen LogP contribution in [-0.4, -0.2) is 51.0 Å². The zero-order chi connectivity index (χ0) is 25.0. The second-order valence-corrected chi connectivity index (χ2v) is 6.64. The Morgan fingerprint density at radius 2 is 1.79 bits per heavy atom. The summed E-state index contributed by atoms with van der Waals surface area (Å²) in [6.45, 7) is 0. The topological polar surface area (TPSA) is 106 Å². The number of ether oxygens (including phenoxy) is 1. The van der Waals surface area contributed by atoms with Gasteiger partial charge in [0.2, 0.25) is 6.30 Å². The molecule has 14 heteroatoms. The SMILES string of the molecule is O=C(NC(F)[C@@H](O)C(F)F)c1cc(-c2ccc(OC(F)(F)F)cc2)nn(-c2cccnc2)c1=O. The second-order valence-electron chi connectivity index (χ2n) is 6.64. The number of aromatic nitrogens is 3. The molecule has 0 fully saturated rings. The molecule has 0 aliphatic heterocycles. The number of amides is 1. The number of benzene rings is 1. The lowest BCUT2D eigenvalue weighted by atomic mass is 10.1. The van der Waals surface area contributed by atoms with Crippen molar-refractivity contribution in [3.8, 4) is 22.7 Å². The summed E-state index contributed by atoms with van der Waals surface area (Å²) in [4.78, 5) is 29.1. The molecule has 1 amide bonds. The predicted octanol–water partition coefficient (Wildman–Crippen LogP) is 2.84. The minimum Gasteiger partial charge on any atom is -0.406 e. The largest absolute Gasteiger partial charge is 0.573 e. The number of carbonyl (C=O) groups is 1. The van der Waals surface area contributed by atoms with Crippen LogP contribution >= 0.6 is 0 Å². The maximum atomic E-state index is 13.8. The molecule has 0 radical (unpaired) electrons. The Hall–Kier alpha value is -3.94. The first-order valence-electron chi connectivity index (χ1n) is 9.28. The second kappa shape index (κ2) is 9.91. The lowest BCUT2D eigenvalue weighted by molar-refractivity contribution is -0.274. The molecule has 0 aliphatic carbocycles. The van der Waals surface area contributed by atoms with Crippen LogP contribution in [-0.2, 0) is 0 Å². The fourth-order valence-electron chi connectivity index (χ4n) is 2.70. The fourth-order valence-corrected chi connectivity index (χ4v) is 2.70. The van der Waals surface area contributed by atoms with Crippen molar-refractivity contribution >= 4 is 5.91 Å². The lowest BCUT2D eigenvalue weighted by Crippen LogP contribution is -2.45. The molecule has 180 valence electrons. The summed E-state index contributed by atoms with van der Waals surface area (Å²) in [7, 11) is 0. The number of halogens is 6. The van der Waals surface area contributed by atoms with Gasteiger partial charge in [-0.2, -0.15) is 9.78 Å². The van der Waals surface area contributed by atoms with Gasteiger partial charge in [-0.15, -0.1) is 13.2 Å². The molecule has 2 N–H and O–H groups in total. The third-order valence-electron chi connectivity index (χ3n) is 4.26. The van der Waals surface area contributed by atoms with E-state index < -0.39 is 48.0 Å². The van der Waals surface area contributed by atoms with Crippen LogP contribution in [0.5, 0.6) is 5.75 Å². The van der Waals surface area contributed by atoms with Gasteiger partial charge in [0, 0.05) is 11.8 Å². The first-order chi connectivity index (χ1) is 16.0. The van der Waals surface area contributed by atoms with Crippen molar-refractivity contribution in [1.82, 2.24) is 20.1 Å². The zero-order valence-corrected chi connectivity index (χ0v) is 16.7. The van der Waals surface area contributed by atoms with Crippen molar-refractivity contribution in [2.75, 3.05) is 0 Å². The van der Waals surface area contributed by atoms with Gasteiger partial charge < -0.3 is 15.2 Å². The van der Waals surface area contributed by atoms with E-state index in [0.717, 1.165) is 30.3 Å². The number of pyridine rings is 1. The molecule has 0 aliphatic rings. The minimum absolute atomic E-state index is 0.0739. The van der Waals surface area contributed by atoms with Gasteiger partial charge in [0.25, 0.3) is 17.9 Å². The van der Waals surface area contributed by atoms with Crippen LogP contribution < -0.4 is 15.6 Å². The number of aliphatic hydroxyl groups is 1. The van der Waals surface area contributed by atoms with Crippen LogP contribution in [0.25, 0.3) is 16.9 Å². The van der Waals surface area contributed by atoms with Crippen LogP contribution in [0.15, 0.2) is 59.7 Å². The Labute approximate surface area is 186 Å². The highest BCUT2D eigenvalue weighted by Crippen LogP contribution is 2.26. The number of nitrogens with one attached hydrogen (secondary N) is 1. The van der Waals surface area contributed by atoms with Crippen molar-refractivity contribution in [1.29, 1.82) is 0 Å². The highest BCUT2D eigenvalue weighted by molar-refractivity contribution is 5.95. The van der Waals surface area contributed by atoms with E-state index in [0.29, 0.717) is 4.68 Å². The molecule has 3 aromatic rings. The number of hydrogen-bond acceptors (Lipinski definition) is 6. The summed E-state index contributed by atoms with van der Waals surface area (Å²) >= 11 is 0. The summed E-state index contributed by atoms with van der Waals surface area (Å²) in [5, 5.41) is 14.6. The third kappa shape index (κ3) is 5.89. The van der Waals surface area contributed by atoms with Crippen LogP contribution in [0.4, 0.5) is 26.3 Å². The molecule has 0 bridgehead atoms. The van der Waals surface area contributed by atoms with Gasteiger partial charge in [-0.05, 0) is 42.5 Å². The third-order valence-corrected chi connectivity index (χ3v) is 4.26. The van der Waals surface area contributed by atoms with Gasteiger partial charge in [0.15, 0.2) is 6.10 Å². The summed E-state index contributed by atoms with van der Waals surface area (Å²) < 4.78 is 80.5. The molecule has 2 aromatic heterocycles. The van der Waals surface area contributed by atoms with Gasteiger partial charge in [-0.25, -0.2) is 13.2 Å². The molecule has 2 heterocycles. The molecular formula is C20H14F6N4O4. The minimum atomic E-state index is -4.93. The fraction of sp³-hybridized carbons (Fsp3) is 0.200. The van der Waals surface area contributed by atoms with E-state index in [1.54, 1.807) is 0 Å². The first-order valence-corrected chi connectivity index (χ1v) is 9.28. The monoisotopic (exact) mass is 488 g/mol. The Morgan fingerprint density at radius 1 is 1.12 bits per heavy atom. The zero-order valence-electron chi connectivity index (χ0n) is 16.7. The molecule has 1 unspecified atom stereocenters. The van der Waals surface area contributed by atoms with E-state index in [1.807, 2.05) is 0 Å². The van der Waals surface area contributed by atoms with E-state index >= 15 is 0 Å². The molecule has 34 heavy (non-hydrogen) atoms. The van der Waals surface area contributed by atoms with Gasteiger partial charge in [0.05, 0.1) is 17.6 Å². The predicted molar refractivity (Wildman–Crippen MR) is 104 cm³/mol. The van der Waals surface area contributed by atoms with Crippen LogP contribution in [0.1, 0.15) is 10.4 Å². The normalized spacial score (nSPS) is 13.4. The molecule has 0 saturated heterocycles. The molecule has 8 nitrogen and oxygen atoms in total. The van der Waals surface area contributed by atoms with Crippen molar-refractivity contribution < 1.29 is 41.0 Å². The lowest BCUT2D eigenvalue weighted by Gasteiger charge is -2.17. The summed E-state index contributed by atoms with van der Waals surface area (Å²) in [6.07, 6.45) is -11.6. The molecule has 2 atom stereocenters. The highest BCUT2D eigenvalue weighted by Gasteiger charge is 2.31. The van der Waals surface area contributed by atoms with E-state index in [1.165, 1.54) is 29.8 Å². The summed E-state index contributed by atoms with van der Waals surface area (Å²) in [6, 6.07) is 7.96. The van der Waals surface area contributed by atoms with Crippen molar-refractivity contribution in [3.63, 3.8) is 0 Å². The number of nitrogens with zero attached hydrogens (tertiary/aromatic N) is 3.